The number of thiocarbonyl (C=S) groups is 1. The molecule has 2 rings (SSSR count). The summed E-state index contributed by atoms with van der Waals surface area (Å²) < 4.78 is 25.6. The van der Waals surface area contributed by atoms with Gasteiger partial charge in [0.1, 0.15) is 5.75 Å². The fourth-order valence-electron chi connectivity index (χ4n) is 1.83. The van der Waals surface area contributed by atoms with Crippen molar-refractivity contribution in [2.45, 2.75) is 0 Å². The molecule has 0 fully saturated rings. The fourth-order valence-corrected chi connectivity index (χ4v) is 3.23. The van der Waals surface area contributed by atoms with Gasteiger partial charge < -0.3 is 5.73 Å². The topological polar surface area (TPSA) is 110 Å². The molecular formula is C11H11N3O4S2. The Bertz CT molecular complexity index is 727. The summed E-state index contributed by atoms with van der Waals surface area (Å²) in [7, 11) is -2.36. The first-order valence-corrected chi connectivity index (χ1v) is 7.52. The van der Waals surface area contributed by atoms with Crippen LogP contribution in [0.25, 0.3) is 0 Å². The third-order valence-electron chi connectivity index (χ3n) is 2.70. The van der Waals surface area contributed by atoms with Gasteiger partial charge >= 0.3 is 0 Å². The molecule has 0 spiro atoms. The van der Waals surface area contributed by atoms with E-state index in [1.54, 1.807) is 0 Å². The van der Waals surface area contributed by atoms with E-state index in [9.17, 15) is 18.0 Å². The number of carbonyl (C=O) groups excluding carboxylic acids is 2. The SMILES string of the molecule is CN1C(=O)c2ccc(NS(=O)(=O)CC(N)=S)cc2C1=O. The number of sulfonamides is 1. The first kappa shape index (κ1) is 14.4. The van der Waals surface area contributed by atoms with Crippen molar-refractivity contribution in [2.24, 2.45) is 5.73 Å². The van der Waals surface area contributed by atoms with E-state index in [2.05, 4.69) is 16.9 Å². The molecule has 3 N–H and O–H groups in total. The van der Waals surface area contributed by atoms with Gasteiger partial charge in [-0.05, 0) is 18.2 Å². The second kappa shape index (κ2) is 4.84. The van der Waals surface area contributed by atoms with Crippen molar-refractivity contribution in [3.05, 3.63) is 29.3 Å². The smallest absolute Gasteiger partial charge is 0.261 e. The van der Waals surface area contributed by atoms with E-state index in [1.165, 1.54) is 25.2 Å². The van der Waals surface area contributed by atoms with E-state index in [0.717, 1.165) is 4.90 Å². The number of nitrogens with two attached hydrogens (primary N) is 1. The number of imide groups is 1. The van der Waals surface area contributed by atoms with E-state index in [-0.39, 0.29) is 21.8 Å². The van der Waals surface area contributed by atoms with E-state index in [4.69, 9.17) is 5.73 Å². The quantitative estimate of drug-likeness (QED) is 0.595. The van der Waals surface area contributed by atoms with Crippen LogP contribution in [0.5, 0.6) is 0 Å². The molecule has 106 valence electrons. The van der Waals surface area contributed by atoms with Crippen LogP contribution in [0.2, 0.25) is 0 Å². The zero-order valence-electron chi connectivity index (χ0n) is 10.4. The summed E-state index contributed by atoms with van der Waals surface area (Å²) in [5.74, 6) is -1.38. The van der Waals surface area contributed by atoms with E-state index < -0.39 is 27.6 Å². The number of fused-ring (bicyclic) bond motifs is 1. The Morgan fingerprint density at radius 2 is 1.90 bits per heavy atom. The molecule has 9 heteroatoms. The second-order valence-corrected chi connectivity index (χ2v) is 6.50. The van der Waals surface area contributed by atoms with Crippen molar-refractivity contribution in [2.75, 3.05) is 17.5 Å². The molecule has 20 heavy (non-hydrogen) atoms. The Morgan fingerprint density at radius 1 is 1.30 bits per heavy atom. The van der Waals surface area contributed by atoms with Crippen molar-refractivity contribution >= 4 is 44.7 Å². The summed E-state index contributed by atoms with van der Waals surface area (Å²) in [5, 5.41) is 0. The van der Waals surface area contributed by atoms with Gasteiger partial charge in [-0.25, -0.2) is 8.42 Å². The number of rotatable bonds is 4. The van der Waals surface area contributed by atoms with Crippen LogP contribution in [-0.4, -0.2) is 42.9 Å². The molecule has 0 bridgehead atoms. The van der Waals surface area contributed by atoms with Gasteiger partial charge in [-0.2, -0.15) is 0 Å². The predicted molar refractivity (Wildman–Crippen MR) is 77.1 cm³/mol. The molecule has 0 saturated heterocycles. The number of nitrogens with zero attached hydrogens (tertiary/aromatic N) is 1. The van der Waals surface area contributed by atoms with Crippen molar-refractivity contribution in [1.29, 1.82) is 0 Å². The Labute approximate surface area is 120 Å². The van der Waals surface area contributed by atoms with Crippen molar-refractivity contribution in [1.82, 2.24) is 4.90 Å². The maximum absolute atomic E-state index is 11.8. The zero-order valence-corrected chi connectivity index (χ0v) is 12.0. The Hall–Kier alpha value is -2.00. The molecule has 0 aliphatic carbocycles. The summed E-state index contributed by atoms with van der Waals surface area (Å²) >= 11 is 4.54. The maximum atomic E-state index is 11.8. The summed E-state index contributed by atoms with van der Waals surface area (Å²) in [5.41, 5.74) is 5.77. The molecule has 2 amide bonds. The van der Waals surface area contributed by atoms with Crippen LogP contribution < -0.4 is 10.5 Å². The highest BCUT2D eigenvalue weighted by Gasteiger charge is 2.32. The molecule has 1 aromatic rings. The highest BCUT2D eigenvalue weighted by molar-refractivity contribution is 7.95. The van der Waals surface area contributed by atoms with Crippen LogP contribution in [0.15, 0.2) is 18.2 Å². The lowest BCUT2D eigenvalue weighted by atomic mass is 10.1. The minimum Gasteiger partial charge on any atom is -0.392 e. The molecule has 1 aliphatic rings. The van der Waals surface area contributed by atoms with Crippen molar-refractivity contribution < 1.29 is 18.0 Å². The number of hydrogen-bond acceptors (Lipinski definition) is 5. The Kier molecular flexibility index (Phi) is 3.48. The lowest BCUT2D eigenvalue weighted by Gasteiger charge is -2.07. The average Bonchev–Trinajstić information content (AvgIpc) is 2.52. The minimum atomic E-state index is -3.72. The maximum Gasteiger partial charge on any atom is 0.261 e. The number of hydrogen-bond donors (Lipinski definition) is 2. The lowest BCUT2D eigenvalue weighted by molar-refractivity contribution is 0.0693. The Balaban J connectivity index is 2.33. The van der Waals surface area contributed by atoms with Gasteiger partial charge in [0.15, 0.2) is 0 Å². The number of amides is 2. The fraction of sp³-hybridized carbons (Fsp3) is 0.182. The molecule has 1 aromatic carbocycles. The van der Waals surface area contributed by atoms with Gasteiger partial charge in [0.25, 0.3) is 11.8 Å². The second-order valence-electron chi connectivity index (χ2n) is 4.26. The highest BCUT2D eigenvalue weighted by Crippen LogP contribution is 2.25. The summed E-state index contributed by atoms with van der Waals surface area (Å²) in [6.07, 6.45) is 0. The molecule has 7 nitrogen and oxygen atoms in total. The molecule has 1 aliphatic heterocycles. The van der Waals surface area contributed by atoms with Gasteiger partial charge in [0.05, 0.1) is 16.1 Å². The molecular weight excluding hydrogens is 302 g/mol. The van der Waals surface area contributed by atoms with Gasteiger partial charge in [-0.3, -0.25) is 19.2 Å². The van der Waals surface area contributed by atoms with Crippen LogP contribution in [0, 0.1) is 0 Å². The van der Waals surface area contributed by atoms with Gasteiger partial charge in [0.2, 0.25) is 10.0 Å². The van der Waals surface area contributed by atoms with Gasteiger partial charge in [-0.15, -0.1) is 0 Å². The van der Waals surface area contributed by atoms with Gasteiger partial charge in [-0.1, -0.05) is 12.2 Å². The van der Waals surface area contributed by atoms with E-state index in [1.807, 2.05) is 0 Å². The highest BCUT2D eigenvalue weighted by atomic mass is 32.2. The van der Waals surface area contributed by atoms with Crippen LogP contribution >= 0.6 is 12.2 Å². The number of anilines is 1. The predicted octanol–water partition coefficient (Wildman–Crippen LogP) is -0.0598. The number of benzene rings is 1. The first-order valence-electron chi connectivity index (χ1n) is 5.46. The molecule has 1 heterocycles. The largest absolute Gasteiger partial charge is 0.392 e. The van der Waals surface area contributed by atoms with Crippen LogP contribution in [0.1, 0.15) is 20.7 Å². The lowest BCUT2D eigenvalue weighted by Crippen LogP contribution is -2.26. The van der Waals surface area contributed by atoms with Crippen molar-refractivity contribution in [3.8, 4) is 0 Å². The first-order chi connectivity index (χ1) is 9.21. The summed E-state index contributed by atoms with van der Waals surface area (Å²) in [6.45, 7) is 0. The van der Waals surface area contributed by atoms with Crippen LogP contribution in [0.4, 0.5) is 5.69 Å². The molecule has 0 saturated carbocycles. The third kappa shape index (κ3) is 2.63. The summed E-state index contributed by atoms with van der Waals surface area (Å²) in [6, 6.07) is 4.12. The summed E-state index contributed by atoms with van der Waals surface area (Å²) in [4.78, 5) is 24.3. The number of carbonyl (C=O) groups is 2. The number of nitrogens with one attached hydrogen (secondary N) is 1. The molecule has 0 atom stereocenters. The van der Waals surface area contributed by atoms with Crippen molar-refractivity contribution in [3.63, 3.8) is 0 Å². The van der Waals surface area contributed by atoms with E-state index >= 15 is 0 Å². The minimum absolute atomic E-state index is 0.160. The normalized spacial score (nSPS) is 14.3. The zero-order chi connectivity index (χ0) is 15.1. The van der Waals surface area contributed by atoms with Crippen LogP contribution in [-0.2, 0) is 10.0 Å². The monoisotopic (exact) mass is 313 g/mol. The molecule has 0 aromatic heterocycles. The standard InChI is InChI=1S/C11H11N3O4S2/c1-14-10(15)7-3-2-6(4-8(7)11(14)16)13-20(17,18)5-9(12)19/h2-4,13H,5H2,1H3,(H2,12,19). The van der Waals surface area contributed by atoms with Crippen LogP contribution in [0.3, 0.4) is 0 Å². The van der Waals surface area contributed by atoms with E-state index in [0.29, 0.717) is 0 Å². The average molecular weight is 313 g/mol. The Morgan fingerprint density at radius 3 is 2.50 bits per heavy atom. The third-order valence-corrected chi connectivity index (χ3v) is 4.26. The molecule has 0 radical (unpaired) electrons. The van der Waals surface area contributed by atoms with Gasteiger partial charge in [0, 0.05) is 12.7 Å². The molecule has 0 unspecified atom stereocenters.